The van der Waals surface area contributed by atoms with Crippen LogP contribution in [0.25, 0.3) is 16.6 Å². The molecule has 7 rings (SSSR count). The molecule has 228 valence electrons. The number of ether oxygens (including phenoxy) is 1. The molecule has 1 aromatic carbocycles. The number of pyridine rings is 1. The van der Waals surface area contributed by atoms with E-state index in [4.69, 9.17) is 4.74 Å². The fraction of sp³-hybridized carbons (Fsp3) is 0.321. The van der Waals surface area contributed by atoms with Gasteiger partial charge in [0, 0.05) is 42.4 Å². The van der Waals surface area contributed by atoms with E-state index in [2.05, 4.69) is 30.1 Å². The van der Waals surface area contributed by atoms with Gasteiger partial charge < -0.3 is 19.5 Å². The lowest BCUT2D eigenvalue weighted by atomic mass is 9.93. The summed E-state index contributed by atoms with van der Waals surface area (Å²) in [7, 11) is 0. The third-order valence-corrected chi connectivity index (χ3v) is 7.73. The van der Waals surface area contributed by atoms with Gasteiger partial charge in [0.15, 0.2) is 11.4 Å². The van der Waals surface area contributed by atoms with Crippen molar-refractivity contribution in [3.8, 4) is 5.69 Å². The Bertz CT molecular complexity index is 1760. The highest BCUT2D eigenvalue weighted by Crippen LogP contribution is 2.42. The van der Waals surface area contributed by atoms with Crippen LogP contribution in [0, 0.1) is 0 Å². The first-order valence-electron chi connectivity index (χ1n) is 13.7. The third kappa shape index (κ3) is 5.08. The van der Waals surface area contributed by atoms with Gasteiger partial charge in [-0.25, -0.2) is 15.0 Å². The lowest BCUT2D eigenvalue weighted by Crippen LogP contribution is -2.38. The largest absolute Gasteiger partial charge is 0.433 e. The van der Waals surface area contributed by atoms with E-state index in [0.29, 0.717) is 55.5 Å². The summed E-state index contributed by atoms with van der Waals surface area (Å²) in [5, 5.41) is 9.18. The quantitative estimate of drug-likeness (QED) is 0.284. The number of anilines is 2. The minimum Gasteiger partial charge on any atom is -0.378 e. The molecule has 2 aliphatic heterocycles. The third-order valence-electron chi connectivity index (χ3n) is 7.73. The van der Waals surface area contributed by atoms with Crippen LogP contribution in [-0.4, -0.2) is 67.8 Å². The normalized spacial score (nSPS) is 17.7. The Balaban J connectivity index is 1.37. The topological polar surface area (TPSA) is 101 Å². The molecule has 1 atom stereocenters. The molecule has 1 unspecified atom stereocenters. The second-order valence-corrected chi connectivity index (χ2v) is 10.4. The molecule has 1 saturated heterocycles. The predicted molar refractivity (Wildman–Crippen MR) is 145 cm³/mol. The first kappa shape index (κ1) is 28.1. The summed E-state index contributed by atoms with van der Waals surface area (Å²) < 4.78 is 88.0. The van der Waals surface area contributed by atoms with Gasteiger partial charge in [-0.15, -0.1) is 0 Å². The van der Waals surface area contributed by atoms with Crippen molar-refractivity contribution in [2.24, 2.45) is 0 Å². The Morgan fingerprint density at radius 3 is 2.18 bits per heavy atom. The Hall–Kier alpha value is -4.73. The van der Waals surface area contributed by atoms with Gasteiger partial charge in [-0.2, -0.15) is 41.3 Å². The van der Waals surface area contributed by atoms with Crippen LogP contribution < -0.4 is 9.80 Å². The number of aromatic amines is 1. The van der Waals surface area contributed by atoms with E-state index in [-0.39, 0.29) is 12.6 Å². The highest BCUT2D eigenvalue weighted by molar-refractivity contribution is 5.87. The number of nitrogens with one attached hydrogen (secondary N) is 1. The van der Waals surface area contributed by atoms with Crippen LogP contribution in [0.15, 0.2) is 55.0 Å². The molecular weight excluding hydrogens is 592 g/mol. The van der Waals surface area contributed by atoms with Crippen molar-refractivity contribution in [2.75, 3.05) is 42.6 Å². The summed E-state index contributed by atoms with van der Waals surface area (Å²) in [6.45, 7) is 2.41. The van der Waals surface area contributed by atoms with E-state index in [9.17, 15) is 26.3 Å². The van der Waals surface area contributed by atoms with E-state index in [1.807, 2.05) is 17.0 Å². The summed E-state index contributed by atoms with van der Waals surface area (Å²) in [5.74, 6) is 0.00228. The van der Waals surface area contributed by atoms with Crippen LogP contribution in [0.1, 0.15) is 34.3 Å². The number of aromatic nitrogens is 7. The number of benzene rings is 1. The van der Waals surface area contributed by atoms with Crippen LogP contribution >= 0.6 is 0 Å². The molecule has 0 amide bonds. The highest BCUT2D eigenvalue weighted by atomic mass is 19.4. The van der Waals surface area contributed by atoms with Gasteiger partial charge in [0.05, 0.1) is 37.3 Å². The molecule has 1 N–H and O–H groups in total. The molecule has 0 aliphatic carbocycles. The monoisotopic (exact) mass is 615 g/mol. The van der Waals surface area contributed by atoms with E-state index in [1.54, 1.807) is 36.8 Å². The number of morpholine rings is 1. The lowest BCUT2D eigenvalue weighted by molar-refractivity contribution is -0.147. The van der Waals surface area contributed by atoms with Gasteiger partial charge in [0.25, 0.3) is 0 Å². The number of rotatable bonds is 4. The zero-order valence-corrected chi connectivity index (χ0v) is 22.8. The fourth-order valence-electron chi connectivity index (χ4n) is 5.70. The number of hydrogen-bond acceptors (Lipinski definition) is 8. The summed E-state index contributed by atoms with van der Waals surface area (Å²) >= 11 is 0. The van der Waals surface area contributed by atoms with E-state index in [0.717, 1.165) is 16.5 Å². The van der Waals surface area contributed by atoms with Crippen LogP contribution in [0.2, 0.25) is 0 Å². The standard InChI is InChI=1S/C28H23F6N9O/c29-27(30,31)21-14-22(28(32,33)34)40-26(39-21)42-8-5-18-19-13-17(43-36-6-7-37-43)2-3-20(19)38-24(18)25(42)16-1-4-23(35-15-16)41-9-11-44-12-10-41/h1-4,6-7,13-15,25,38H,5,8-12H2. The van der Waals surface area contributed by atoms with E-state index < -0.39 is 35.7 Å². The van der Waals surface area contributed by atoms with Crippen LogP contribution in [0.4, 0.5) is 38.1 Å². The molecule has 0 radical (unpaired) electrons. The smallest absolute Gasteiger partial charge is 0.378 e. The first-order chi connectivity index (χ1) is 21.1. The number of H-pyrrole nitrogens is 1. The molecule has 1 fully saturated rings. The summed E-state index contributed by atoms with van der Waals surface area (Å²) in [5.41, 5.74) is 0.0645. The van der Waals surface area contributed by atoms with Crippen LogP contribution in [0.5, 0.6) is 0 Å². The van der Waals surface area contributed by atoms with Crippen molar-refractivity contribution >= 4 is 22.7 Å². The second kappa shape index (κ2) is 10.5. The summed E-state index contributed by atoms with van der Waals surface area (Å²) in [6, 6.07) is 8.14. The zero-order valence-electron chi connectivity index (χ0n) is 22.8. The van der Waals surface area contributed by atoms with Crippen molar-refractivity contribution in [3.63, 3.8) is 0 Å². The van der Waals surface area contributed by atoms with Gasteiger partial charge >= 0.3 is 12.4 Å². The van der Waals surface area contributed by atoms with Crippen molar-refractivity contribution in [1.82, 2.24) is 34.9 Å². The van der Waals surface area contributed by atoms with E-state index >= 15 is 0 Å². The molecule has 0 saturated carbocycles. The zero-order chi connectivity index (χ0) is 30.6. The number of halogens is 6. The van der Waals surface area contributed by atoms with Gasteiger partial charge in [0.1, 0.15) is 5.82 Å². The Morgan fingerprint density at radius 2 is 1.55 bits per heavy atom. The van der Waals surface area contributed by atoms with Gasteiger partial charge in [-0.05, 0) is 47.9 Å². The minimum absolute atomic E-state index is 0.0404. The SMILES string of the molecule is FC(F)(F)c1cc(C(F)(F)F)nc(N2CCc3c([nH]c4ccc(-n5nccn5)cc34)C2c2ccc(N3CCOCC3)nc2)n1. The maximum absolute atomic E-state index is 13.8. The lowest BCUT2D eigenvalue weighted by Gasteiger charge is -2.36. The van der Waals surface area contributed by atoms with Crippen molar-refractivity contribution in [3.05, 3.63) is 83.2 Å². The van der Waals surface area contributed by atoms with Gasteiger partial charge in [-0.3, -0.25) is 0 Å². The molecule has 6 heterocycles. The number of fused-ring (bicyclic) bond motifs is 3. The molecule has 10 nitrogen and oxygen atoms in total. The second-order valence-electron chi connectivity index (χ2n) is 10.4. The Kier molecular flexibility index (Phi) is 6.68. The minimum atomic E-state index is -5.12. The van der Waals surface area contributed by atoms with Crippen molar-refractivity contribution in [2.45, 2.75) is 24.8 Å². The van der Waals surface area contributed by atoms with E-state index in [1.165, 1.54) is 9.70 Å². The Morgan fingerprint density at radius 1 is 0.841 bits per heavy atom. The maximum Gasteiger partial charge on any atom is 0.433 e. The molecule has 0 bridgehead atoms. The molecular formula is C28H23F6N9O. The number of nitrogens with zero attached hydrogens (tertiary/aromatic N) is 8. The predicted octanol–water partition coefficient (Wildman–Crippen LogP) is 4.96. The number of alkyl halides is 6. The van der Waals surface area contributed by atoms with Crippen molar-refractivity contribution in [1.29, 1.82) is 0 Å². The van der Waals surface area contributed by atoms with Gasteiger partial charge in [0.2, 0.25) is 5.95 Å². The summed E-state index contributed by atoms with van der Waals surface area (Å²) in [6.07, 6.45) is -5.27. The molecule has 4 aromatic heterocycles. The van der Waals surface area contributed by atoms with Gasteiger partial charge in [-0.1, -0.05) is 6.07 Å². The average molecular weight is 616 g/mol. The molecule has 16 heteroatoms. The molecule has 44 heavy (non-hydrogen) atoms. The fourth-order valence-corrected chi connectivity index (χ4v) is 5.70. The highest BCUT2D eigenvalue weighted by Gasteiger charge is 2.42. The molecule has 5 aromatic rings. The molecule has 2 aliphatic rings. The van der Waals surface area contributed by atoms with Crippen LogP contribution in [0.3, 0.4) is 0 Å². The first-order valence-corrected chi connectivity index (χ1v) is 13.7. The maximum atomic E-state index is 13.8. The summed E-state index contributed by atoms with van der Waals surface area (Å²) in [4.78, 5) is 20.0. The van der Waals surface area contributed by atoms with Crippen molar-refractivity contribution < 1.29 is 31.1 Å². The Labute approximate surface area is 245 Å². The molecule has 0 spiro atoms. The average Bonchev–Trinajstić information content (AvgIpc) is 3.68. The van der Waals surface area contributed by atoms with Crippen LogP contribution in [-0.2, 0) is 23.5 Å². The number of hydrogen-bond donors (Lipinski definition) is 1.